The first-order valence-electron chi connectivity index (χ1n) is 17.9. The number of ether oxygens (including phenoxy) is 1. The van der Waals surface area contributed by atoms with Crippen LogP contribution in [0, 0.1) is 20.8 Å². The topological polar surface area (TPSA) is 46.6 Å². The van der Waals surface area contributed by atoms with Crippen molar-refractivity contribution in [2.45, 2.75) is 86.0 Å². The lowest BCUT2D eigenvalue weighted by atomic mass is 10.1. The zero-order valence-corrected chi connectivity index (χ0v) is 32.7. The van der Waals surface area contributed by atoms with Crippen LogP contribution in [0.15, 0.2) is 60.7 Å². The Bertz CT molecular complexity index is 2000. The molecule has 3 aromatic heterocycles. The van der Waals surface area contributed by atoms with Crippen molar-refractivity contribution >= 4 is 74.6 Å². The average Bonchev–Trinajstić information content (AvgIpc) is 3.88. The van der Waals surface area contributed by atoms with E-state index in [0.29, 0.717) is 17.7 Å². The summed E-state index contributed by atoms with van der Waals surface area (Å²) in [6.07, 6.45) is 8.88. The van der Waals surface area contributed by atoms with Gasteiger partial charge in [-0.05, 0) is 78.6 Å². The standard InChI is InChI=1S/C41H45NO3S3Si/c1-6-8-10-11-12-13-22-42-40(43)35-28(5)47-37(36(35)41(42)44)32-25-34-39(48-32)38-33(24-27(4)46-38)49(34,30-18-14-26(3)15-19-30)31-20-16-29(17-21-31)45-23-9-7-2/h14-21,24-25H,6-13,22-23H2,1-5H3. The van der Waals surface area contributed by atoms with Gasteiger partial charge in [-0.3, -0.25) is 14.5 Å². The maximum absolute atomic E-state index is 14.0. The molecule has 0 fully saturated rings. The van der Waals surface area contributed by atoms with E-state index >= 15 is 0 Å². The molecule has 0 spiro atoms. The molecule has 4 nitrogen and oxygen atoms in total. The van der Waals surface area contributed by atoms with E-state index < -0.39 is 8.07 Å². The van der Waals surface area contributed by atoms with Crippen molar-refractivity contribution in [3.8, 4) is 25.3 Å². The Morgan fingerprint density at radius 3 is 1.98 bits per heavy atom. The summed E-state index contributed by atoms with van der Waals surface area (Å²) < 4.78 is 6.10. The van der Waals surface area contributed by atoms with E-state index in [9.17, 15) is 9.59 Å². The van der Waals surface area contributed by atoms with Crippen LogP contribution in [-0.2, 0) is 0 Å². The first kappa shape index (κ1) is 34.2. The highest BCUT2D eigenvalue weighted by Gasteiger charge is 2.51. The maximum atomic E-state index is 14.0. The number of carbonyl (C=O) groups excluding carboxylic acids is 2. The number of hydrogen-bond acceptors (Lipinski definition) is 6. The van der Waals surface area contributed by atoms with E-state index in [1.807, 2.05) is 18.3 Å². The van der Waals surface area contributed by atoms with Gasteiger partial charge in [0.15, 0.2) is 8.07 Å². The molecule has 0 saturated carbocycles. The number of thiophene rings is 3. The summed E-state index contributed by atoms with van der Waals surface area (Å²) >= 11 is 5.30. The molecule has 1 atom stereocenters. The van der Waals surface area contributed by atoms with Crippen LogP contribution in [-0.4, -0.2) is 37.9 Å². The van der Waals surface area contributed by atoms with Crippen LogP contribution in [0.4, 0.5) is 0 Å². The van der Waals surface area contributed by atoms with Crippen LogP contribution < -0.4 is 25.5 Å². The van der Waals surface area contributed by atoms with Gasteiger partial charge in [-0.2, -0.15) is 0 Å². The molecule has 0 saturated heterocycles. The van der Waals surface area contributed by atoms with Gasteiger partial charge >= 0.3 is 0 Å². The Labute approximate surface area is 303 Å². The maximum Gasteiger partial charge on any atom is 0.263 e. The number of amides is 2. The largest absolute Gasteiger partial charge is 0.494 e. The minimum atomic E-state index is -2.69. The van der Waals surface area contributed by atoms with Crippen molar-refractivity contribution in [3.05, 3.63) is 87.1 Å². The van der Waals surface area contributed by atoms with Crippen LogP contribution in [0.1, 0.15) is 101 Å². The summed E-state index contributed by atoms with van der Waals surface area (Å²) in [4.78, 5) is 36.2. The number of carbonyl (C=O) groups is 2. The summed E-state index contributed by atoms with van der Waals surface area (Å²) in [6.45, 7) is 12.0. The fourth-order valence-electron chi connectivity index (χ4n) is 7.58. The number of rotatable bonds is 14. The van der Waals surface area contributed by atoms with Gasteiger partial charge in [-0.1, -0.05) is 94.3 Å². The van der Waals surface area contributed by atoms with Gasteiger partial charge in [-0.25, -0.2) is 0 Å². The van der Waals surface area contributed by atoms with Crippen LogP contribution in [0.3, 0.4) is 0 Å². The summed E-state index contributed by atoms with van der Waals surface area (Å²) in [7, 11) is -2.69. The zero-order chi connectivity index (χ0) is 34.3. The first-order chi connectivity index (χ1) is 23.8. The average molecular weight is 724 g/mol. The number of fused-ring (bicyclic) bond motifs is 4. The quantitative estimate of drug-likeness (QED) is 0.0641. The van der Waals surface area contributed by atoms with Crippen molar-refractivity contribution in [1.82, 2.24) is 4.90 Å². The number of aryl methyl sites for hydroxylation is 3. The van der Waals surface area contributed by atoms with E-state index in [2.05, 4.69) is 88.4 Å². The smallest absolute Gasteiger partial charge is 0.263 e. The number of imide groups is 1. The lowest BCUT2D eigenvalue weighted by Crippen LogP contribution is -2.72. The van der Waals surface area contributed by atoms with Crippen LogP contribution in [0.5, 0.6) is 5.75 Å². The van der Waals surface area contributed by atoms with Crippen LogP contribution >= 0.6 is 34.0 Å². The lowest BCUT2D eigenvalue weighted by molar-refractivity contribution is 0.0651. The second kappa shape index (κ2) is 14.1. The third-order valence-corrected chi connectivity index (χ3v) is 18.9. The molecule has 49 heavy (non-hydrogen) atoms. The number of unbranched alkanes of at least 4 members (excludes halogenated alkanes) is 6. The van der Waals surface area contributed by atoms with E-state index in [1.165, 1.54) is 65.1 Å². The third kappa shape index (κ3) is 5.88. The van der Waals surface area contributed by atoms with E-state index in [4.69, 9.17) is 4.74 Å². The molecular weight excluding hydrogens is 679 g/mol. The van der Waals surface area contributed by atoms with E-state index in [0.717, 1.165) is 59.1 Å². The molecule has 8 heteroatoms. The molecular formula is C41H45NO3S3Si. The highest BCUT2D eigenvalue weighted by Crippen LogP contribution is 2.47. The Morgan fingerprint density at radius 1 is 0.653 bits per heavy atom. The monoisotopic (exact) mass is 723 g/mol. The Kier molecular flexibility index (Phi) is 9.86. The number of hydrogen-bond donors (Lipinski definition) is 0. The minimum Gasteiger partial charge on any atom is -0.494 e. The van der Waals surface area contributed by atoms with Gasteiger partial charge in [0.25, 0.3) is 11.8 Å². The molecule has 2 aliphatic rings. The normalized spacial score (nSPS) is 16.4. The van der Waals surface area contributed by atoms with Gasteiger partial charge in [0, 0.05) is 30.9 Å². The molecule has 5 aromatic rings. The van der Waals surface area contributed by atoms with Gasteiger partial charge in [0.1, 0.15) is 5.75 Å². The van der Waals surface area contributed by atoms with Gasteiger partial charge < -0.3 is 4.74 Å². The molecule has 7 rings (SSSR count). The van der Waals surface area contributed by atoms with Crippen molar-refractivity contribution in [1.29, 1.82) is 0 Å². The molecule has 0 radical (unpaired) electrons. The summed E-state index contributed by atoms with van der Waals surface area (Å²) in [5.74, 6) is 0.683. The lowest BCUT2D eigenvalue weighted by Gasteiger charge is -2.30. The van der Waals surface area contributed by atoms with Crippen molar-refractivity contribution in [2.24, 2.45) is 0 Å². The second-order valence-electron chi connectivity index (χ2n) is 13.6. The van der Waals surface area contributed by atoms with E-state index in [-0.39, 0.29) is 11.8 Å². The van der Waals surface area contributed by atoms with Crippen molar-refractivity contribution in [2.75, 3.05) is 13.2 Å². The SMILES string of the molecule is CCCCCCCCN1C(=O)c2c(C)sc(-c3cc4c(s3)-c3sc(C)cc3[Si]4(c3ccc(C)cc3)c3ccc(OCCCC)cc3)c2C1=O. The molecule has 2 amide bonds. The van der Waals surface area contributed by atoms with Crippen molar-refractivity contribution in [3.63, 3.8) is 0 Å². The number of benzene rings is 2. The van der Waals surface area contributed by atoms with Crippen molar-refractivity contribution < 1.29 is 14.3 Å². The molecule has 2 aromatic carbocycles. The zero-order valence-electron chi connectivity index (χ0n) is 29.2. The van der Waals surface area contributed by atoms with Crippen LogP contribution in [0.2, 0.25) is 0 Å². The third-order valence-electron chi connectivity index (χ3n) is 10.1. The summed E-state index contributed by atoms with van der Waals surface area (Å²) in [6, 6.07) is 22.9. The number of nitrogens with zero attached hydrogens (tertiary/aromatic N) is 1. The molecule has 0 N–H and O–H groups in total. The molecule has 1 unspecified atom stereocenters. The van der Waals surface area contributed by atoms with Gasteiger partial charge in [-0.15, -0.1) is 34.0 Å². The Hall–Kier alpha value is -3.30. The fraction of sp³-hybridized carbons (Fsp3) is 0.366. The molecule has 5 heterocycles. The van der Waals surface area contributed by atoms with E-state index in [1.54, 1.807) is 22.7 Å². The molecule has 0 bridgehead atoms. The highest BCUT2D eigenvalue weighted by molar-refractivity contribution is 7.35. The molecule has 254 valence electrons. The minimum absolute atomic E-state index is 0.113. The summed E-state index contributed by atoms with van der Waals surface area (Å²) in [5.41, 5.74) is 2.49. The summed E-state index contributed by atoms with van der Waals surface area (Å²) in [5, 5.41) is 5.54. The first-order valence-corrected chi connectivity index (χ1v) is 22.3. The molecule has 0 aliphatic carbocycles. The van der Waals surface area contributed by atoms with Gasteiger partial charge in [0.05, 0.1) is 22.6 Å². The fourth-order valence-corrected chi connectivity index (χ4v) is 17.5. The highest BCUT2D eigenvalue weighted by atomic mass is 32.1. The second-order valence-corrected chi connectivity index (χ2v) is 20.8. The Balaban J connectivity index is 1.32. The van der Waals surface area contributed by atoms with Gasteiger partial charge in [0.2, 0.25) is 0 Å². The molecule has 2 aliphatic heterocycles. The Morgan fingerprint density at radius 2 is 1.27 bits per heavy atom. The predicted octanol–water partition coefficient (Wildman–Crippen LogP) is 8.96. The van der Waals surface area contributed by atoms with Crippen LogP contribution in [0.25, 0.3) is 19.5 Å². The predicted molar refractivity (Wildman–Crippen MR) is 211 cm³/mol.